The van der Waals surface area contributed by atoms with E-state index in [1.165, 1.54) is 0 Å². The molecule has 0 aromatic rings. The van der Waals surface area contributed by atoms with Gasteiger partial charge in [0.25, 0.3) is 0 Å². The summed E-state index contributed by atoms with van der Waals surface area (Å²) in [4.78, 5) is 22.9. The summed E-state index contributed by atoms with van der Waals surface area (Å²) in [7, 11) is 0. The standard InChI is InChI=1S/C14H14O4/c15-13(11-5-1-2-6-11)17-9-10-18-14(16)12-7-3-4-8-12/h1-8,11-12H,9-10H2. The quantitative estimate of drug-likeness (QED) is 0.545. The number of carbonyl (C=O) groups excluding carboxylic acids is 2. The fourth-order valence-electron chi connectivity index (χ4n) is 1.65. The molecule has 0 N–H and O–H groups in total. The zero-order chi connectivity index (χ0) is 12.8. The fourth-order valence-corrected chi connectivity index (χ4v) is 1.65. The van der Waals surface area contributed by atoms with Gasteiger partial charge in [-0.2, -0.15) is 0 Å². The van der Waals surface area contributed by atoms with Crippen LogP contribution >= 0.6 is 0 Å². The van der Waals surface area contributed by atoms with Crippen LogP contribution in [0.25, 0.3) is 0 Å². The molecule has 4 nitrogen and oxygen atoms in total. The SMILES string of the molecule is O=C(OCCOC(=O)C1C=CC=C1)C1C=CC=C1. The average molecular weight is 246 g/mol. The molecule has 0 unspecified atom stereocenters. The van der Waals surface area contributed by atoms with E-state index in [0.717, 1.165) is 0 Å². The van der Waals surface area contributed by atoms with Gasteiger partial charge in [-0.25, -0.2) is 0 Å². The smallest absolute Gasteiger partial charge is 0.316 e. The van der Waals surface area contributed by atoms with Gasteiger partial charge < -0.3 is 9.47 Å². The molecule has 4 heteroatoms. The van der Waals surface area contributed by atoms with Crippen molar-refractivity contribution in [2.24, 2.45) is 11.8 Å². The molecule has 18 heavy (non-hydrogen) atoms. The molecule has 0 amide bonds. The van der Waals surface area contributed by atoms with Gasteiger partial charge in [0.15, 0.2) is 0 Å². The number of ether oxygens (including phenoxy) is 2. The lowest BCUT2D eigenvalue weighted by Crippen LogP contribution is -2.19. The Bertz CT molecular complexity index is 377. The highest BCUT2D eigenvalue weighted by Gasteiger charge is 2.17. The number of carbonyl (C=O) groups is 2. The summed E-state index contributed by atoms with van der Waals surface area (Å²) < 4.78 is 9.97. The third-order valence-corrected chi connectivity index (χ3v) is 2.61. The van der Waals surface area contributed by atoms with Crippen molar-refractivity contribution in [1.82, 2.24) is 0 Å². The summed E-state index contributed by atoms with van der Waals surface area (Å²) in [6.07, 6.45) is 14.2. The van der Waals surface area contributed by atoms with Crippen LogP contribution in [0.2, 0.25) is 0 Å². The molecule has 2 aliphatic carbocycles. The van der Waals surface area contributed by atoms with Crippen molar-refractivity contribution in [2.45, 2.75) is 0 Å². The van der Waals surface area contributed by atoms with E-state index in [4.69, 9.17) is 9.47 Å². The summed E-state index contributed by atoms with van der Waals surface area (Å²) in [6, 6.07) is 0. The lowest BCUT2D eigenvalue weighted by molar-refractivity contribution is -0.154. The van der Waals surface area contributed by atoms with Gasteiger partial charge in [-0.1, -0.05) is 48.6 Å². The number of hydrogen-bond donors (Lipinski definition) is 0. The maximum absolute atomic E-state index is 11.5. The number of hydrogen-bond acceptors (Lipinski definition) is 4. The van der Waals surface area contributed by atoms with Gasteiger partial charge in [0.1, 0.15) is 13.2 Å². The molecule has 0 fully saturated rings. The lowest BCUT2D eigenvalue weighted by atomic mass is 10.2. The Balaban J connectivity index is 1.61. The third-order valence-electron chi connectivity index (χ3n) is 2.61. The first kappa shape index (κ1) is 12.4. The zero-order valence-electron chi connectivity index (χ0n) is 9.82. The van der Waals surface area contributed by atoms with Gasteiger partial charge >= 0.3 is 11.9 Å². The Morgan fingerprint density at radius 1 is 0.722 bits per heavy atom. The van der Waals surface area contributed by atoms with Crippen LogP contribution in [0.1, 0.15) is 0 Å². The van der Waals surface area contributed by atoms with Crippen LogP contribution in [-0.2, 0) is 19.1 Å². The summed E-state index contributed by atoms with van der Waals surface area (Å²) in [5.41, 5.74) is 0. The van der Waals surface area contributed by atoms with Crippen LogP contribution in [0.3, 0.4) is 0 Å². The third kappa shape index (κ3) is 3.20. The van der Waals surface area contributed by atoms with Crippen LogP contribution in [-0.4, -0.2) is 25.2 Å². The highest BCUT2D eigenvalue weighted by molar-refractivity contribution is 5.78. The molecule has 0 bridgehead atoms. The molecular formula is C14H14O4. The maximum Gasteiger partial charge on any atom is 0.316 e. The van der Waals surface area contributed by atoms with Crippen molar-refractivity contribution in [3.8, 4) is 0 Å². The molecule has 2 rings (SSSR count). The van der Waals surface area contributed by atoms with E-state index in [0.29, 0.717) is 0 Å². The molecule has 0 aromatic heterocycles. The Morgan fingerprint density at radius 3 is 1.39 bits per heavy atom. The van der Waals surface area contributed by atoms with E-state index in [2.05, 4.69) is 0 Å². The van der Waals surface area contributed by atoms with Crippen LogP contribution in [0.15, 0.2) is 48.6 Å². The molecule has 0 heterocycles. The molecule has 2 aliphatic rings. The first-order valence-electron chi connectivity index (χ1n) is 5.80. The van der Waals surface area contributed by atoms with Crippen molar-refractivity contribution in [3.05, 3.63) is 48.6 Å². The molecular weight excluding hydrogens is 232 g/mol. The van der Waals surface area contributed by atoms with Gasteiger partial charge in [0, 0.05) is 0 Å². The molecule has 0 atom stereocenters. The Hall–Kier alpha value is -2.10. The topological polar surface area (TPSA) is 52.6 Å². The number of allylic oxidation sites excluding steroid dienone is 4. The van der Waals surface area contributed by atoms with Gasteiger partial charge in [0.05, 0.1) is 11.8 Å². The first-order valence-corrected chi connectivity index (χ1v) is 5.80. The van der Waals surface area contributed by atoms with Crippen molar-refractivity contribution >= 4 is 11.9 Å². The Morgan fingerprint density at radius 2 is 1.06 bits per heavy atom. The van der Waals surface area contributed by atoms with Crippen LogP contribution in [0, 0.1) is 11.8 Å². The summed E-state index contributed by atoms with van der Waals surface area (Å²) in [6.45, 7) is 0.172. The largest absolute Gasteiger partial charge is 0.461 e. The van der Waals surface area contributed by atoms with E-state index in [1.807, 2.05) is 0 Å². The second-order valence-electron chi connectivity index (χ2n) is 3.93. The maximum atomic E-state index is 11.5. The molecule has 0 spiro atoms. The van der Waals surface area contributed by atoms with Gasteiger partial charge in [-0.05, 0) is 0 Å². The molecule has 0 aromatic carbocycles. The van der Waals surface area contributed by atoms with Crippen LogP contribution in [0.5, 0.6) is 0 Å². The van der Waals surface area contributed by atoms with Crippen molar-refractivity contribution in [2.75, 3.05) is 13.2 Å². The van der Waals surface area contributed by atoms with Crippen molar-refractivity contribution in [3.63, 3.8) is 0 Å². The lowest BCUT2D eigenvalue weighted by Gasteiger charge is -2.09. The van der Waals surface area contributed by atoms with Crippen molar-refractivity contribution in [1.29, 1.82) is 0 Å². The second kappa shape index (κ2) is 6.00. The van der Waals surface area contributed by atoms with E-state index in [9.17, 15) is 9.59 Å². The average Bonchev–Trinajstić information content (AvgIpc) is 3.05. The predicted molar refractivity (Wildman–Crippen MR) is 65.5 cm³/mol. The number of esters is 2. The fraction of sp³-hybridized carbons (Fsp3) is 0.286. The highest BCUT2D eigenvalue weighted by atomic mass is 16.6. The van der Waals surface area contributed by atoms with Crippen LogP contribution < -0.4 is 0 Å². The van der Waals surface area contributed by atoms with E-state index >= 15 is 0 Å². The highest BCUT2D eigenvalue weighted by Crippen LogP contribution is 2.11. The van der Waals surface area contributed by atoms with Gasteiger partial charge in [-0.15, -0.1) is 0 Å². The molecule has 94 valence electrons. The first-order chi connectivity index (χ1) is 8.77. The normalized spacial score (nSPS) is 17.6. The Labute approximate surface area is 105 Å². The van der Waals surface area contributed by atoms with Gasteiger partial charge in [0.2, 0.25) is 0 Å². The summed E-state index contributed by atoms with van der Waals surface area (Å²) in [5.74, 6) is -1.25. The monoisotopic (exact) mass is 246 g/mol. The minimum atomic E-state index is -0.322. The molecule has 0 aliphatic heterocycles. The minimum absolute atomic E-state index is 0.0862. The molecule has 0 saturated carbocycles. The van der Waals surface area contributed by atoms with Crippen LogP contribution in [0.4, 0.5) is 0 Å². The predicted octanol–water partition coefficient (Wildman–Crippen LogP) is 1.56. The second-order valence-corrected chi connectivity index (χ2v) is 3.93. The number of rotatable bonds is 5. The Kier molecular flexibility index (Phi) is 4.12. The molecule has 0 saturated heterocycles. The minimum Gasteiger partial charge on any atom is -0.461 e. The zero-order valence-corrected chi connectivity index (χ0v) is 9.82. The van der Waals surface area contributed by atoms with E-state index in [1.54, 1.807) is 48.6 Å². The van der Waals surface area contributed by atoms with Crippen molar-refractivity contribution < 1.29 is 19.1 Å². The van der Waals surface area contributed by atoms with Gasteiger partial charge in [-0.3, -0.25) is 9.59 Å². The molecule has 0 radical (unpaired) electrons. The summed E-state index contributed by atoms with van der Waals surface area (Å²) >= 11 is 0. The van der Waals surface area contributed by atoms with E-state index < -0.39 is 0 Å². The summed E-state index contributed by atoms with van der Waals surface area (Å²) in [5, 5.41) is 0. The van der Waals surface area contributed by atoms with E-state index in [-0.39, 0.29) is 37.0 Å².